The quantitative estimate of drug-likeness (QED) is 0.699. The van der Waals surface area contributed by atoms with Gasteiger partial charge in [0, 0.05) is 43.8 Å². The van der Waals surface area contributed by atoms with E-state index in [1.165, 1.54) is 12.3 Å². The predicted molar refractivity (Wildman–Crippen MR) is 84.4 cm³/mol. The summed E-state index contributed by atoms with van der Waals surface area (Å²) in [5.41, 5.74) is 1.45. The average molecular weight is 305 g/mol. The highest BCUT2D eigenvalue weighted by atomic mass is 35.5. The maximum atomic E-state index is 14.3. The molecule has 0 aliphatic rings. The second-order valence-corrected chi connectivity index (χ2v) is 4.53. The first-order chi connectivity index (χ1) is 10.2. The van der Waals surface area contributed by atoms with Crippen molar-refractivity contribution in [3.63, 3.8) is 0 Å². The lowest BCUT2D eigenvalue weighted by Crippen LogP contribution is -2.19. The first kappa shape index (κ1) is 15.1. The van der Waals surface area contributed by atoms with Crippen LogP contribution in [0.4, 0.5) is 10.1 Å². The summed E-state index contributed by atoms with van der Waals surface area (Å²) in [4.78, 5) is 12.3. The lowest BCUT2D eigenvalue weighted by atomic mass is 10.1. The van der Waals surface area contributed by atoms with Crippen molar-refractivity contribution in [2.45, 2.75) is 0 Å². The van der Waals surface area contributed by atoms with E-state index < -0.39 is 5.82 Å². The van der Waals surface area contributed by atoms with Crippen LogP contribution in [0.3, 0.4) is 0 Å². The van der Waals surface area contributed by atoms with E-state index in [0.717, 1.165) is 5.56 Å². The van der Waals surface area contributed by atoms with Crippen LogP contribution in [-0.4, -0.2) is 31.1 Å². The van der Waals surface area contributed by atoms with Gasteiger partial charge in [-0.15, -0.1) is 0 Å². The van der Waals surface area contributed by atoms with Crippen molar-refractivity contribution in [2.75, 3.05) is 14.1 Å². The van der Waals surface area contributed by atoms with Crippen LogP contribution in [0.15, 0.2) is 46.6 Å². The summed E-state index contributed by atoms with van der Waals surface area (Å²) < 4.78 is 14.3. The van der Waals surface area contributed by atoms with Crippen LogP contribution in [0.1, 0.15) is 11.1 Å². The van der Waals surface area contributed by atoms with Gasteiger partial charge in [0.15, 0.2) is 5.82 Å². The Hall–Kier alpha value is -2.27. The van der Waals surface area contributed by atoms with Crippen molar-refractivity contribution >= 4 is 29.3 Å². The van der Waals surface area contributed by atoms with E-state index >= 15 is 0 Å². The van der Waals surface area contributed by atoms with E-state index in [9.17, 15) is 4.39 Å². The predicted octanol–water partition coefficient (Wildman–Crippen LogP) is 3.22. The number of amidine groups is 1. The highest BCUT2D eigenvalue weighted by Gasteiger charge is 2.14. The molecule has 1 aromatic heterocycles. The molecule has 4 nitrogen and oxygen atoms in total. The van der Waals surface area contributed by atoms with Crippen molar-refractivity contribution in [2.24, 2.45) is 9.98 Å². The van der Waals surface area contributed by atoms with E-state index in [-0.39, 0.29) is 10.7 Å². The van der Waals surface area contributed by atoms with Gasteiger partial charge < -0.3 is 5.32 Å². The van der Waals surface area contributed by atoms with Crippen LogP contribution in [0.2, 0.25) is 5.02 Å². The molecule has 0 saturated heterocycles. The Morgan fingerprint density at radius 2 is 2.19 bits per heavy atom. The maximum absolute atomic E-state index is 14.3. The Bertz CT molecular complexity index is 684. The van der Waals surface area contributed by atoms with Crippen molar-refractivity contribution in [1.29, 1.82) is 0 Å². The lowest BCUT2D eigenvalue weighted by Gasteiger charge is -2.10. The first-order valence-electron chi connectivity index (χ1n) is 6.24. The Morgan fingerprint density at radius 3 is 2.81 bits per heavy atom. The van der Waals surface area contributed by atoms with E-state index in [1.807, 2.05) is 6.07 Å². The van der Waals surface area contributed by atoms with E-state index in [4.69, 9.17) is 11.6 Å². The van der Waals surface area contributed by atoms with Gasteiger partial charge >= 0.3 is 0 Å². The molecule has 0 fully saturated rings. The molecule has 1 heterocycles. The molecule has 2 rings (SSSR count). The summed E-state index contributed by atoms with van der Waals surface area (Å²) in [6.07, 6.45) is 4.83. The van der Waals surface area contributed by atoms with Gasteiger partial charge in [0.25, 0.3) is 0 Å². The number of halogens is 2. The van der Waals surface area contributed by atoms with Crippen molar-refractivity contribution in [1.82, 2.24) is 10.3 Å². The molecule has 0 spiro atoms. The molecule has 1 aromatic carbocycles. The van der Waals surface area contributed by atoms with Gasteiger partial charge in [0.05, 0.1) is 5.02 Å². The van der Waals surface area contributed by atoms with Gasteiger partial charge in [0.1, 0.15) is 11.5 Å². The normalized spacial score (nSPS) is 11.9. The third-order valence-corrected chi connectivity index (χ3v) is 3.10. The van der Waals surface area contributed by atoms with Gasteiger partial charge in [-0.3, -0.25) is 15.0 Å². The molecular weight excluding hydrogens is 291 g/mol. The number of aromatic nitrogens is 1. The number of rotatable bonds is 3. The summed E-state index contributed by atoms with van der Waals surface area (Å²) in [5, 5.41) is 2.92. The van der Waals surface area contributed by atoms with Crippen molar-refractivity contribution in [3.05, 3.63) is 58.6 Å². The number of nitrogens with one attached hydrogen (secondary N) is 1. The number of benzene rings is 1. The molecular formula is C15H14ClFN4. The van der Waals surface area contributed by atoms with Crippen LogP contribution in [-0.2, 0) is 0 Å². The third-order valence-electron chi connectivity index (χ3n) is 2.81. The molecule has 0 unspecified atom stereocenters. The minimum absolute atomic E-state index is 0.0173. The van der Waals surface area contributed by atoms with Crippen LogP contribution in [0.25, 0.3) is 0 Å². The van der Waals surface area contributed by atoms with E-state index in [2.05, 4.69) is 20.3 Å². The molecule has 0 bridgehead atoms. The molecule has 2 aromatic rings. The van der Waals surface area contributed by atoms with Gasteiger partial charge in [-0.25, -0.2) is 4.39 Å². The first-order valence-corrected chi connectivity index (χ1v) is 6.62. The summed E-state index contributed by atoms with van der Waals surface area (Å²) >= 11 is 5.84. The number of hydrogen-bond donors (Lipinski definition) is 1. The second-order valence-electron chi connectivity index (χ2n) is 4.12. The molecule has 0 saturated carbocycles. The molecule has 0 radical (unpaired) electrons. The Labute approximate surface area is 127 Å². The summed E-state index contributed by atoms with van der Waals surface area (Å²) in [6, 6.07) is 6.77. The Morgan fingerprint density at radius 1 is 1.38 bits per heavy atom. The highest BCUT2D eigenvalue weighted by molar-refractivity contribution is 6.31. The SMILES string of the molecule is CN=C(NC)c1ccc(Cl)c(F)c1N=Cc1cccnc1. The van der Waals surface area contributed by atoms with Gasteiger partial charge in [-0.05, 0) is 18.2 Å². The summed E-state index contributed by atoms with van der Waals surface area (Å²) in [6.45, 7) is 0. The fourth-order valence-corrected chi connectivity index (χ4v) is 1.97. The second kappa shape index (κ2) is 6.95. The van der Waals surface area contributed by atoms with Crippen LogP contribution in [0.5, 0.6) is 0 Å². The molecule has 0 aliphatic carbocycles. The van der Waals surface area contributed by atoms with Crippen molar-refractivity contribution < 1.29 is 4.39 Å². The van der Waals surface area contributed by atoms with Crippen LogP contribution >= 0.6 is 11.6 Å². The average Bonchev–Trinajstić information content (AvgIpc) is 2.52. The third kappa shape index (κ3) is 3.44. The topological polar surface area (TPSA) is 49.6 Å². The van der Waals surface area contributed by atoms with Gasteiger partial charge in [0.2, 0.25) is 0 Å². The zero-order valence-electron chi connectivity index (χ0n) is 11.6. The van der Waals surface area contributed by atoms with E-state index in [1.54, 1.807) is 38.6 Å². The molecule has 0 atom stereocenters. The van der Waals surface area contributed by atoms with Crippen LogP contribution < -0.4 is 5.32 Å². The minimum Gasteiger partial charge on any atom is -0.373 e. The summed E-state index contributed by atoms with van der Waals surface area (Å²) in [5.74, 6) is -0.0467. The van der Waals surface area contributed by atoms with Gasteiger partial charge in [-0.1, -0.05) is 17.7 Å². The Balaban J connectivity index is 2.51. The summed E-state index contributed by atoms with van der Waals surface area (Å²) in [7, 11) is 3.33. The maximum Gasteiger partial charge on any atom is 0.168 e. The molecule has 1 N–H and O–H groups in total. The molecule has 0 aliphatic heterocycles. The van der Waals surface area contributed by atoms with Crippen molar-refractivity contribution in [3.8, 4) is 0 Å². The fraction of sp³-hybridized carbons (Fsp3) is 0.133. The number of pyridine rings is 1. The monoisotopic (exact) mass is 304 g/mol. The molecule has 21 heavy (non-hydrogen) atoms. The van der Waals surface area contributed by atoms with Crippen LogP contribution in [0, 0.1) is 5.82 Å². The number of nitrogens with zero attached hydrogens (tertiary/aromatic N) is 3. The van der Waals surface area contributed by atoms with E-state index in [0.29, 0.717) is 11.4 Å². The molecule has 108 valence electrons. The zero-order chi connectivity index (χ0) is 15.2. The molecule has 0 amide bonds. The fourth-order valence-electron chi connectivity index (χ4n) is 1.82. The molecule has 6 heteroatoms. The number of aliphatic imine (C=N–C) groups is 2. The largest absolute Gasteiger partial charge is 0.373 e. The smallest absolute Gasteiger partial charge is 0.168 e. The van der Waals surface area contributed by atoms with Gasteiger partial charge in [-0.2, -0.15) is 0 Å². The number of hydrogen-bond acceptors (Lipinski definition) is 3. The zero-order valence-corrected chi connectivity index (χ0v) is 12.4. The minimum atomic E-state index is -0.578. The highest BCUT2D eigenvalue weighted by Crippen LogP contribution is 2.29. The lowest BCUT2D eigenvalue weighted by molar-refractivity contribution is 0.630. The standard InChI is InChI=1S/C15H14ClFN4/c1-18-15(19-2)11-5-6-12(16)13(17)14(11)21-9-10-4-3-7-20-8-10/h3-9H,1-2H3,(H,18,19). The Kier molecular flexibility index (Phi) is 5.00.